The minimum absolute atomic E-state index is 0.0881. The third kappa shape index (κ3) is 5.05. The lowest BCUT2D eigenvalue weighted by molar-refractivity contribution is 0.571. The zero-order chi connectivity index (χ0) is 22.8. The predicted molar refractivity (Wildman–Crippen MR) is 132 cm³/mol. The SMILES string of the molecule is CC(C)(C)c1ccnc(Cc2nc(Cc3ccn4ccnc4c3)cc(N3CCCCC3)n2)c1. The molecular formula is C27H32N6. The fourth-order valence-electron chi connectivity index (χ4n) is 4.47. The van der Waals surface area contributed by atoms with E-state index in [1.165, 1.54) is 30.4 Å². The lowest BCUT2D eigenvalue weighted by Gasteiger charge is -2.28. The van der Waals surface area contributed by atoms with Gasteiger partial charge in [-0.3, -0.25) is 4.98 Å². The number of hydrogen-bond donors (Lipinski definition) is 0. The van der Waals surface area contributed by atoms with Crippen molar-refractivity contribution < 1.29 is 0 Å². The Morgan fingerprint density at radius 3 is 2.48 bits per heavy atom. The lowest BCUT2D eigenvalue weighted by atomic mass is 9.87. The summed E-state index contributed by atoms with van der Waals surface area (Å²) in [6, 6.07) is 10.8. The molecule has 0 bridgehead atoms. The number of anilines is 1. The minimum Gasteiger partial charge on any atom is -0.357 e. The van der Waals surface area contributed by atoms with Gasteiger partial charge in [-0.1, -0.05) is 20.8 Å². The third-order valence-electron chi connectivity index (χ3n) is 6.36. The Morgan fingerprint density at radius 1 is 0.818 bits per heavy atom. The summed E-state index contributed by atoms with van der Waals surface area (Å²) >= 11 is 0. The molecule has 1 fully saturated rings. The third-order valence-corrected chi connectivity index (χ3v) is 6.36. The van der Waals surface area contributed by atoms with Crippen LogP contribution < -0.4 is 4.90 Å². The molecule has 1 aliphatic rings. The number of imidazole rings is 1. The van der Waals surface area contributed by atoms with Crippen molar-refractivity contribution in [1.82, 2.24) is 24.3 Å². The molecule has 6 heteroatoms. The van der Waals surface area contributed by atoms with Gasteiger partial charge in [0.15, 0.2) is 0 Å². The van der Waals surface area contributed by atoms with Gasteiger partial charge in [-0.05, 0) is 60.1 Å². The second-order valence-electron chi connectivity index (χ2n) is 10.0. The number of aromatic nitrogens is 5. The highest BCUT2D eigenvalue weighted by molar-refractivity contribution is 5.45. The van der Waals surface area contributed by atoms with Crippen LogP contribution >= 0.6 is 0 Å². The van der Waals surface area contributed by atoms with E-state index in [9.17, 15) is 0 Å². The van der Waals surface area contributed by atoms with Crippen molar-refractivity contribution in [2.75, 3.05) is 18.0 Å². The zero-order valence-electron chi connectivity index (χ0n) is 19.8. The van der Waals surface area contributed by atoms with Crippen molar-refractivity contribution in [1.29, 1.82) is 0 Å². The van der Waals surface area contributed by atoms with E-state index in [4.69, 9.17) is 9.97 Å². The molecule has 0 saturated carbocycles. The van der Waals surface area contributed by atoms with Crippen LogP contribution in [0.2, 0.25) is 0 Å². The van der Waals surface area contributed by atoms with Gasteiger partial charge in [0.05, 0.1) is 12.1 Å². The fourth-order valence-corrected chi connectivity index (χ4v) is 4.47. The summed E-state index contributed by atoms with van der Waals surface area (Å²) < 4.78 is 2.03. The predicted octanol–water partition coefficient (Wildman–Crippen LogP) is 4.99. The highest BCUT2D eigenvalue weighted by Gasteiger charge is 2.17. The number of nitrogens with zero attached hydrogens (tertiary/aromatic N) is 6. The molecule has 0 aromatic carbocycles. The van der Waals surface area contributed by atoms with Crippen molar-refractivity contribution in [2.24, 2.45) is 0 Å². The summed E-state index contributed by atoms with van der Waals surface area (Å²) in [5.41, 5.74) is 5.60. The minimum atomic E-state index is 0.0881. The molecule has 5 rings (SSSR count). The average molecular weight is 441 g/mol. The molecule has 0 aliphatic carbocycles. The van der Waals surface area contributed by atoms with Crippen molar-refractivity contribution in [3.63, 3.8) is 0 Å². The van der Waals surface area contributed by atoms with Gasteiger partial charge >= 0.3 is 0 Å². The maximum atomic E-state index is 4.99. The summed E-state index contributed by atoms with van der Waals surface area (Å²) in [7, 11) is 0. The van der Waals surface area contributed by atoms with Gasteiger partial charge in [-0.15, -0.1) is 0 Å². The van der Waals surface area contributed by atoms with Gasteiger partial charge in [-0.25, -0.2) is 15.0 Å². The number of pyridine rings is 2. The van der Waals surface area contributed by atoms with Crippen molar-refractivity contribution in [3.05, 3.63) is 83.5 Å². The highest BCUT2D eigenvalue weighted by atomic mass is 15.2. The van der Waals surface area contributed by atoms with Crippen LogP contribution in [0.15, 0.2) is 55.1 Å². The molecule has 0 amide bonds. The number of piperidine rings is 1. The first kappa shape index (κ1) is 21.6. The summed E-state index contributed by atoms with van der Waals surface area (Å²) in [5.74, 6) is 1.89. The first-order valence-electron chi connectivity index (χ1n) is 11.9. The first-order valence-corrected chi connectivity index (χ1v) is 11.9. The monoisotopic (exact) mass is 440 g/mol. The Labute approximate surface area is 195 Å². The van der Waals surface area contributed by atoms with Gasteiger partial charge < -0.3 is 9.30 Å². The van der Waals surface area contributed by atoms with E-state index in [1.54, 1.807) is 0 Å². The Kier molecular flexibility index (Phi) is 5.83. The van der Waals surface area contributed by atoms with E-state index in [-0.39, 0.29) is 5.41 Å². The molecule has 170 valence electrons. The molecule has 0 unspecified atom stereocenters. The van der Waals surface area contributed by atoms with Crippen molar-refractivity contribution in [3.8, 4) is 0 Å². The smallest absolute Gasteiger partial charge is 0.136 e. The van der Waals surface area contributed by atoms with Crippen LogP contribution in [-0.4, -0.2) is 37.4 Å². The highest BCUT2D eigenvalue weighted by Crippen LogP contribution is 2.24. The number of hydrogen-bond acceptors (Lipinski definition) is 5. The quantitative estimate of drug-likeness (QED) is 0.438. The van der Waals surface area contributed by atoms with Crippen LogP contribution in [0.4, 0.5) is 5.82 Å². The number of fused-ring (bicyclic) bond motifs is 1. The Bertz CT molecular complexity index is 1250. The zero-order valence-corrected chi connectivity index (χ0v) is 19.8. The normalized spacial score (nSPS) is 14.7. The summed E-state index contributed by atoms with van der Waals surface area (Å²) in [5, 5.41) is 0. The molecule has 4 aromatic rings. The molecule has 0 radical (unpaired) electrons. The Morgan fingerprint density at radius 2 is 1.67 bits per heavy atom. The Hall–Kier alpha value is -3.28. The van der Waals surface area contributed by atoms with Gasteiger partial charge in [0.25, 0.3) is 0 Å². The molecule has 0 atom stereocenters. The number of rotatable bonds is 5. The lowest BCUT2D eigenvalue weighted by Crippen LogP contribution is -2.30. The van der Waals surface area contributed by atoms with Crippen molar-refractivity contribution >= 4 is 11.5 Å². The maximum Gasteiger partial charge on any atom is 0.136 e. The molecule has 1 aliphatic heterocycles. The molecule has 0 N–H and O–H groups in total. The van der Waals surface area contributed by atoms with Crippen LogP contribution in [0.1, 0.15) is 68.4 Å². The van der Waals surface area contributed by atoms with Crippen LogP contribution in [0, 0.1) is 0 Å². The van der Waals surface area contributed by atoms with E-state index in [0.29, 0.717) is 6.42 Å². The molecule has 5 heterocycles. The van der Waals surface area contributed by atoms with Crippen LogP contribution in [-0.2, 0) is 18.3 Å². The molecule has 0 spiro atoms. The van der Waals surface area contributed by atoms with Crippen LogP contribution in [0.5, 0.6) is 0 Å². The molecular weight excluding hydrogens is 408 g/mol. The van der Waals surface area contributed by atoms with Gasteiger partial charge in [-0.2, -0.15) is 0 Å². The van der Waals surface area contributed by atoms with E-state index >= 15 is 0 Å². The van der Waals surface area contributed by atoms with Gasteiger partial charge in [0.1, 0.15) is 17.3 Å². The molecule has 4 aromatic heterocycles. The van der Waals surface area contributed by atoms with Crippen LogP contribution in [0.3, 0.4) is 0 Å². The molecule has 1 saturated heterocycles. The van der Waals surface area contributed by atoms with E-state index in [2.05, 4.69) is 72.2 Å². The second-order valence-corrected chi connectivity index (χ2v) is 10.0. The summed E-state index contributed by atoms with van der Waals surface area (Å²) in [6.45, 7) is 8.82. The van der Waals surface area contributed by atoms with Crippen molar-refractivity contribution in [2.45, 2.75) is 58.3 Å². The second kappa shape index (κ2) is 8.93. The largest absolute Gasteiger partial charge is 0.357 e. The van der Waals surface area contributed by atoms with E-state index in [0.717, 1.165) is 48.2 Å². The first-order chi connectivity index (χ1) is 15.9. The average Bonchev–Trinajstić information content (AvgIpc) is 3.27. The molecule has 6 nitrogen and oxygen atoms in total. The summed E-state index contributed by atoms with van der Waals surface area (Å²) in [6.07, 6.45) is 12.9. The van der Waals surface area contributed by atoms with Gasteiger partial charge in [0, 0.05) is 56.1 Å². The van der Waals surface area contributed by atoms with E-state index in [1.807, 2.05) is 23.0 Å². The maximum absolute atomic E-state index is 4.99. The summed E-state index contributed by atoms with van der Waals surface area (Å²) in [4.78, 5) is 21.4. The topological polar surface area (TPSA) is 59.2 Å². The van der Waals surface area contributed by atoms with Crippen LogP contribution in [0.25, 0.3) is 5.65 Å². The standard InChI is InChI=1S/C27H32N6/c1-27(2,3)21-7-9-28-22(17-21)18-24-30-23(19-26(31-24)32-11-5-4-6-12-32)15-20-8-13-33-14-10-29-25(33)16-20/h7-10,13-14,16-17,19H,4-6,11-12,15,18H2,1-3H3. The van der Waals surface area contributed by atoms with Gasteiger partial charge in [0.2, 0.25) is 0 Å². The Balaban J connectivity index is 1.47. The van der Waals surface area contributed by atoms with E-state index < -0.39 is 0 Å². The molecule has 33 heavy (non-hydrogen) atoms. The fraction of sp³-hybridized carbons (Fsp3) is 0.407.